The number of carbonyl (C=O) groups excluding carboxylic acids is 1. The number of ether oxygens (including phenoxy) is 1. The summed E-state index contributed by atoms with van der Waals surface area (Å²) < 4.78 is 6.61. The molecule has 2 heterocycles. The fraction of sp³-hybridized carbons (Fsp3) is 0.357. The Labute approximate surface area is 123 Å². The predicted octanol–water partition coefficient (Wildman–Crippen LogP) is 1.15. The summed E-state index contributed by atoms with van der Waals surface area (Å²) in [6.45, 7) is 1.39. The van der Waals surface area contributed by atoms with Crippen LogP contribution in [0.1, 0.15) is 10.4 Å². The van der Waals surface area contributed by atoms with E-state index in [9.17, 15) is 4.79 Å². The number of aromatic nitrogens is 3. The van der Waals surface area contributed by atoms with Gasteiger partial charge in [0.25, 0.3) is 5.91 Å². The zero-order chi connectivity index (χ0) is 15.2. The van der Waals surface area contributed by atoms with Crippen LogP contribution >= 0.6 is 0 Å². The van der Waals surface area contributed by atoms with Crippen LogP contribution in [0, 0.1) is 0 Å². The molecule has 0 radical (unpaired) electrons. The lowest BCUT2D eigenvalue weighted by Crippen LogP contribution is -2.23. The van der Waals surface area contributed by atoms with E-state index in [1.54, 1.807) is 31.2 Å². The lowest BCUT2D eigenvalue weighted by Gasteiger charge is -2.17. The van der Waals surface area contributed by atoms with Crippen molar-refractivity contribution >= 4 is 17.4 Å². The number of amides is 1. The summed E-state index contributed by atoms with van der Waals surface area (Å²) in [7, 11) is 5.37. The van der Waals surface area contributed by atoms with Gasteiger partial charge in [-0.1, -0.05) is 0 Å². The molecule has 112 valence electrons. The lowest BCUT2D eigenvalue weighted by molar-refractivity contribution is 0.102. The third-order valence-electron chi connectivity index (χ3n) is 2.99. The fourth-order valence-corrected chi connectivity index (χ4v) is 1.77. The number of pyridine rings is 1. The number of nitrogens with one attached hydrogen (secondary N) is 1. The summed E-state index contributed by atoms with van der Waals surface area (Å²) in [4.78, 5) is 18.3. The summed E-state index contributed by atoms with van der Waals surface area (Å²) in [6.07, 6.45) is 4.82. The number of nitrogens with zero attached hydrogens (tertiary/aromatic N) is 4. The van der Waals surface area contributed by atoms with Gasteiger partial charge in [0.2, 0.25) is 0 Å². The van der Waals surface area contributed by atoms with Crippen LogP contribution in [-0.4, -0.2) is 48.0 Å². The van der Waals surface area contributed by atoms with Crippen LogP contribution in [0.3, 0.4) is 0 Å². The van der Waals surface area contributed by atoms with Crippen LogP contribution in [0.4, 0.5) is 11.5 Å². The smallest absolute Gasteiger partial charge is 0.258 e. The van der Waals surface area contributed by atoms with Crippen LogP contribution in [-0.2, 0) is 11.8 Å². The van der Waals surface area contributed by atoms with E-state index >= 15 is 0 Å². The van der Waals surface area contributed by atoms with Gasteiger partial charge in [0.15, 0.2) is 0 Å². The molecule has 0 saturated heterocycles. The molecule has 7 nitrogen and oxygen atoms in total. The highest BCUT2D eigenvalue weighted by atomic mass is 16.5. The third-order valence-corrected chi connectivity index (χ3v) is 2.99. The number of carbonyl (C=O) groups is 1. The standard InChI is InChI=1S/C14H19N5O2/c1-18(6-7-21-3)13-5-4-12(9-15-13)17-14(20)11-8-16-19(2)10-11/h4-5,8-10H,6-7H2,1-3H3,(H,17,20). The molecule has 1 N–H and O–H groups in total. The zero-order valence-corrected chi connectivity index (χ0v) is 12.4. The highest BCUT2D eigenvalue weighted by Crippen LogP contribution is 2.13. The lowest BCUT2D eigenvalue weighted by atomic mass is 10.3. The van der Waals surface area contributed by atoms with E-state index in [0.29, 0.717) is 17.9 Å². The third kappa shape index (κ3) is 4.03. The molecule has 0 saturated carbocycles. The van der Waals surface area contributed by atoms with Crippen LogP contribution < -0.4 is 10.2 Å². The normalized spacial score (nSPS) is 10.4. The Morgan fingerprint density at radius 3 is 2.81 bits per heavy atom. The highest BCUT2D eigenvalue weighted by molar-refractivity contribution is 6.03. The van der Waals surface area contributed by atoms with Gasteiger partial charge in [0, 0.05) is 33.9 Å². The molecule has 1 amide bonds. The van der Waals surface area contributed by atoms with E-state index in [1.165, 1.54) is 6.20 Å². The Balaban J connectivity index is 1.97. The van der Waals surface area contributed by atoms with Crippen molar-refractivity contribution in [2.75, 3.05) is 37.5 Å². The molecular weight excluding hydrogens is 270 g/mol. The molecule has 2 aromatic rings. The maximum atomic E-state index is 12.0. The number of hydrogen-bond acceptors (Lipinski definition) is 5. The second-order valence-electron chi connectivity index (χ2n) is 4.68. The fourth-order valence-electron chi connectivity index (χ4n) is 1.77. The first-order valence-electron chi connectivity index (χ1n) is 6.56. The summed E-state index contributed by atoms with van der Waals surface area (Å²) in [6, 6.07) is 3.68. The average Bonchev–Trinajstić information content (AvgIpc) is 2.92. The first-order chi connectivity index (χ1) is 10.1. The molecule has 0 aliphatic carbocycles. The van der Waals surface area contributed by atoms with Gasteiger partial charge in [-0.15, -0.1) is 0 Å². The number of likely N-dealkylation sites (N-methyl/N-ethyl adjacent to an activating group) is 1. The molecule has 2 aromatic heterocycles. The highest BCUT2D eigenvalue weighted by Gasteiger charge is 2.09. The number of aryl methyl sites for hydroxylation is 1. The Morgan fingerprint density at radius 2 is 2.24 bits per heavy atom. The quantitative estimate of drug-likeness (QED) is 0.863. The van der Waals surface area contributed by atoms with E-state index in [1.807, 2.05) is 24.1 Å². The maximum absolute atomic E-state index is 12.0. The van der Waals surface area contributed by atoms with Gasteiger partial charge in [-0.2, -0.15) is 5.10 Å². The van der Waals surface area contributed by atoms with Crippen molar-refractivity contribution in [1.82, 2.24) is 14.8 Å². The molecule has 0 spiro atoms. The summed E-state index contributed by atoms with van der Waals surface area (Å²) in [5.74, 6) is 0.622. The van der Waals surface area contributed by atoms with E-state index in [0.717, 1.165) is 12.4 Å². The van der Waals surface area contributed by atoms with Gasteiger partial charge in [-0.25, -0.2) is 4.98 Å². The minimum Gasteiger partial charge on any atom is -0.383 e. The monoisotopic (exact) mass is 289 g/mol. The molecule has 0 aliphatic heterocycles. The molecular formula is C14H19N5O2. The number of hydrogen-bond donors (Lipinski definition) is 1. The Kier molecular flexibility index (Phi) is 4.89. The Bertz CT molecular complexity index is 594. The largest absolute Gasteiger partial charge is 0.383 e. The number of anilines is 2. The zero-order valence-electron chi connectivity index (χ0n) is 12.4. The van der Waals surface area contributed by atoms with Crippen molar-refractivity contribution in [3.8, 4) is 0 Å². The van der Waals surface area contributed by atoms with E-state index < -0.39 is 0 Å². The molecule has 2 rings (SSSR count). The SMILES string of the molecule is COCCN(C)c1ccc(NC(=O)c2cnn(C)c2)cn1. The molecule has 0 fully saturated rings. The molecule has 21 heavy (non-hydrogen) atoms. The van der Waals surface area contributed by atoms with Gasteiger partial charge in [0.05, 0.1) is 30.3 Å². The minimum atomic E-state index is -0.203. The summed E-state index contributed by atoms with van der Waals surface area (Å²) in [5, 5.41) is 6.75. The van der Waals surface area contributed by atoms with Crippen molar-refractivity contribution in [1.29, 1.82) is 0 Å². The van der Waals surface area contributed by atoms with Gasteiger partial charge in [0.1, 0.15) is 5.82 Å². The molecule has 0 aromatic carbocycles. The number of rotatable bonds is 6. The Hall–Kier alpha value is -2.41. The second-order valence-corrected chi connectivity index (χ2v) is 4.68. The topological polar surface area (TPSA) is 72.3 Å². The first-order valence-corrected chi connectivity index (χ1v) is 6.56. The van der Waals surface area contributed by atoms with Gasteiger partial charge in [-0.05, 0) is 12.1 Å². The van der Waals surface area contributed by atoms with Crippen molar-refractivity contribution in [3.63, 3.8) is 0 Å². The molecule has 0 aliphatic rings. The van der Waals surface area contributed by atoms with Crippen molar-refractivity contribution < 1.29 is 9.53 Å². The van der Waals surface area contributed by atoms with Crippen LogP contribution in [0.2, 0.25) is 0 Å². The Morgan fingerprint density at radius 1 is 1.43 bits per heavy atom. The van der Waals surface area contributed by atoms with Crippen LogP contribution in [0.15, 0.2) is 30.7 Å². The summed E-state index contributed by atoms with van der Waals surface area (Å²) in [5.41, 5.74) is 1.16. The molecule has 0 unspecified atom stereocenters. The van der Waals surface area contributed by atoms with E-state index in [-0.39, 0.29) is 5.91 Å². The minimum absolute atomic E-state index is 0.203. The second kappa shape index (κ2) is 6.85. The first kappa shape index (κ1) is 15.0. The molecule has 0 bridgehead atoms. The molecule has 0 atom stereocenters. The van der Waals surface area contributed by atoms with Gasteiger partial charge < -0.3 is 15.0 Å². The van der Waals surface area contributed by atoms with Crippen LogP contribution in [0.25, 0.3) is 0 Å². The van der Waals surface area contributed by atoms with Crippen molar-refractivity contribution in [3.05, 3.63) is 36.3 Å². The summed E-state index contributed by atoms with van der Waals surface area (Å²) >= 11 is 0. The van der Waals surface area contributed by atoms with Gasteiger partial charge >= 0.3 is 0 Å². The van der Waals surface area contributed by atoms with Gasteiger partial charge in [-0.3, -0.25) is 9.48 Å². The van der Waals surface area contributed by atoms with E-state index in [2.05, 4.69) is 15.4 Å². The van der Waals surface area contributed by atoms with Crippen molar-refractivity contribution in [2.24, 2.45) is 7.05 Å². The average molecular weight is 289 g/mol. The number of methoxy groups -OCH3 is 1. The maximum Gasteiger partial charge on any atom is 0.258 e. The van der Waals surface area contributed by atoms with Crippen molar-refractivity contribution in [2.45, 2.75) is 0 Å². The molecule has 7 heteroatoms. The predicted molar refractivity (Wildman–Crippen MR) is 80.5 cm³/mol. The van der Waals surface area contributed by atoms with Crippen LogP contribution in [0.5, 0.6) is 0 Å². The van der Waals surface area contributed by atoms with E-state index in [4.69, 9.17) is 4.74 Å².